The van der Waals surface area contributed by atoms with Crippen molar-refractivity contribution >= 4 is 17.2 Å². The quantitative estimate of drug-likeness (QED) is 0.674. The van der Waals surface area contributed by atoms with Crippen LogP contribution in [0.1, 0.15) is 23.0 Å². The SMILES string of the molecule is CCOc1ccccc1C(=O)NCCc1csc(-c2ccc(F)cc2)n1. The number of rotatable bonds is 7. The van der Waals surface area contributed by atoms with E-state index in [0.29, 0.717) is 30.9 Å². The molecule has 26 heavy (non-hydrogen) atoms. The van der Waals surface area contributed by atoms with E-state index in [0.717, 1.165) is 16.3 Å². The van der Waals surface area contributed by atoms with Crippen molar-refractivity contribution in [3.05, 3.63) is 71.0 Å². The normalized spacial score (nSPS) is 10.5. The topological polar surface area (TPSA) is 51.2 Å². The van der Waals surface area contributed by atoms with Crippen molar-refractivity contribution in [3.63, 3.8) is 0 Å². The van der Waals surface area contributed by atoms with Gasteiger partial charge in [-0.3, -0.25) is 4.79 Å². The Balaban J connectivity index is 1.57. The van der Waals surface area contributed by atoms with Gasteiger partial charge >= 0.3 is 0 Å². The number of hydrogen-bond acceptors (Lipinski definition) is 4. The maximum Gasteiger partial charge on any atom is 0.255 e. The largest absolute Gasteiger partial charge is 0.493 e. The molecule has 134 valence electrons. The summed E-state index contributed by atoms with van der Waals surface area (Å²) in [6.07, 6.45) is 0.625. The summed E-state index contributed by atoms with van der Waals surface area (Å²) < 4.78 is 18.5. The minimum atomic E-state index is -0.263. The molecule has 3 aromatic rings. The smallest absolute Gasteiger partial charge is 0.255 e. The lowest BCUT2D eigenvalue weighted by Gasteiger charge is -2.10. The van der Waals surface area contributed by atoms with Gasteiger partial charge < -0.3 is 10.1 Å². The van der Waals surface area contributed by atoms with Gasteiger partial charge in [0.15, 0.2) is 0 Å². The molecular weight excluding hydrogens is 351 g/mol. The van der Waals surface area contributed by atoms with E-state index < -0.39 is 0 Å². The summed E-state index contributed by atoms with van der Waals surface area (Å²) in [7, 11) is 0. The highest BCUT2D eigenvalue weighted by Gasteiger charge is 2.12. The van der Waals surface area contributed by atoms with Gasteiger partial charge in [0.25, 0.3) is 5.91 Å². The Morgan fingerprint density at radius 1 is 1.19 bits per heavy atom. The number of thiazole rings is 1. The molecule has 0 unspecified atom stereocenters. The third-order valence-corrected chi connectivity index (χ3v) is 4.68. The lowest BCUT2D eigenvalue weighted by molar-refractivity contribution is 0.0950. The predicted molar refractivity (Wildman–Crippen MR) is 101 cm³/mol. The van der Waals surface area contributed by atoms with Crippen LogP contribution in [0, 0.1) is 5.82 Å². The molecule has 2 aromatic carbocycles. The minimum Gasteiger partial charge on any atom is -0.493 e. The maximum absolute atomic E-state index is 13.0. The second-order valence-corrected chi connectivity index (χ2v) is 6.44. The zero-order valence-electron chi connectivity index (χ0n) is 14.4. The zero-order chi connectivity index (χ0) is 18.4. The first-order chi connectivity index (χ1) is 12.7. The van der Waals surface area contributed by atoms with Crippen LogP contribution < -0.4 is 10.1 Å². The number of para-hydroxylation sites is 1. The van der Waals surface area contributed by atoms with E-state index in [2.05, 4.69) is 10.3 Å². The first kappa shape index (κ1) is 18.1. The number of nitrogens with zero attached hydrogens (tertiary/aromatic N) is 1. The zero-order valence-corrected chi connectivity index (χ0v) is 15.2. The molecule has 1 amide bonds. The van der Waals surface area contributed by atoms with Gasteiger partial charge in [0.05, 0.1) is 17.9 Å². The molecule has 0 saturated heterocycles. The number of amides is 1. The summed E-state index contributed by atoms with van der Waals surface area (Å²) in [5.41, 5.74) is 2.31. The average Bonchev–Trinajstić information content (AvgIpc) is 3.12. The molecule has 1 aromatic heterocycles. The molecule has 0 saturated carbocycles. The van der Waals surface area contributed by atoms with Gasteiger partial charge in [-0.2, -0.15) is 0 Å². The molecular formula is C20H19FN2O2S. The maximum atomic E-state index is 13.0. The Kier molecular flexibility index (Phi) is 5.96. The van der Waals surface area contributed by atoms with E-state index in [1.54, 1.807) is 24.3 Å². The monoisotopic (exact) mass is 370 g/mol. The van der Waals surface area contributed by atoms with Crippen LogP contribution in [-0.2, 0) is 6.42 Å². The highest BCUT2D eigenvalue weighted by atomic mass is 32.1. The van der Waals surface area contributed by atoms with Gasteiger partial charge in [-0.15, -0.1) is 11.3 Å². The van der Waals surface area contributed by atoms with Crippen molar-refractivity contribution < 1.29 is 13.9 Å². The van der Waals surface area contributed by atoms with E-state index in [1.807, 2.05) is 24.4 Å². The van der Waals surface area contributed by atoms with Crippen LogP contribution in [0.2, 0.25) is 0 Å². The molecule has 0 bridgehead atoms. The molecule has 0 spiro atoms. The van der Waals surface area contributed by atoms with E-state index in [4.69, 9.17) is 4.74 Å². The third kappa shape index (κ3) is 4.46. The molecule has 0 fully saturated rings. The number of benzene rings is 2. The lowest BCUT2D eigenvalue weighted by atomic mass is 10.2. The van der Waals surface area contributed by atoms with Crippen molar-refractivity contribution in [1.29, 1.82) is 0 Å². The molecule has 6 heteroatoms. The van der Waals surface area contributed by atoms with Crippen LogP contribution in [0.15, 0.2) is 53.9 Å². The highest BCUT2D eigenvalue weighted by Crippen LogP contribution is 2.24. The fraction of sp³-hybridized carbons (Fsp3) is 0.200. The summed E-state index contributed by atoms with van der Waals surface area (Å²) in [5.74, 6) is 0.156. The van der Waals surface area contributed by atoms with Gasteiger partial charge in [-0.05, 0) is 43.3 Å². The van der Waals surface area contributed by atoms with Crippen molar-refractivity contribution in [2.45, 2.75) is 13.3 Å². The van der Waals surface area contributed by atoms with E-state index in [-0.39, 0.29) is 11.7 Å². The molecule has 0 aliphatic heterocycles. The number of aromatic nitrogens is 1. The van der Waals surface area contributed by atoms with Crippen LogP contribution in [-0.4, -0.2) is 24.0 Å². The van der Waals surface area contributed by atoms with Crippen LogP contribution in [0.3, 0.4) is 0 Å². The van der Waals surface area contributed by atoms with Gasteiger partial charge in [0, 0.05) is 23.9 Å². The highest BCUT2D eigenvalue weighted by molar-refractivity contribution is 7.13. The summed E-state index contributed by atoms with van der Waals surface area (Å²) in [6.45, 7) is 2.87. The molecule has 3 rings (SSSR count). The molecule has 1 heterocycles. The Hall–Kier alpha value is -2.73. The first-order valence-corrected chi connectivity index (χ1v) is 9.25. The first-order valence-electron chi connectivity index (χ1n) is 8.37. The number of carbonyl (C=O) groups excluding carboxylic acids is 1. The van der Waals surface area contributed by atoms with Crippen molar-refractivity contribution in [3.8, 4) is 16.3 Å². The molecule has 0 aliphatic rings. The Labute approximate surface area is 155 Å². The fourth-order valence-corrected chi connectivity index (χ4v) is 3.34. The van der Waals surface area contributed by atoms with Gasteiger partial charge in [0.1, 0.15) is 16.6 Å². The van der Waals surface area contributed by atoms with Crippen LogP contribution in [0.4, 0.5) is 4.39 Å². The van der Waals surface area contributed by atoms with Gasteiger partial charge in [0.2, 0.25) is 0 Å². The number of hydrogen-bond donors (Lipinski definition) is 1. The molecule has 4 nitrogen and oxygen atoms in total. The molecule has 0 atom stereocenters. The summed E-state index contributed by atoms with van der Waals surface area (Å²) in [4.78, 5) is 16.9. The number of nitrogens with one attached hydrogen (secondary N) is 1. The Bertz CT molecular complexity index is 878. The summed E-state index contributed by atoms with van der Waals surface area (Å²) in [5, 5.41) is 5.70. The van der Waals surface area contributed by atoms with Crippen LogP contribution in [0.5, 0.6) is 5.75 Å². The van der Waals surface area contributed by atoms with Crippen molar-refractivity contribution in [2.75, 3.05) is 13.2 Å². The molecule has 0 aliphatic carbocycles. The van der Waals surface area contributed by atoms with E-state index in [9.17, 15) is 9.18 Å². The Morgan fingerprint density at radius 3 is 2.73 bits per heavy atom. The van der Waals surface area contributed by atoms with Crippen LogP contribution >= 0.6 is 11.3 Å². The summed E-state index contributed by atoms with van der Waals surface area (Å²) in [6, 6.07) is 13.5. The third-order valence-electron chi connectivity index (χ3n) is 3.74. The number of halogens is 1. The number of ether oxygens (including phenoxy) is 1. The van der Waals surface area contributed by atoms with Gasteiger partial charge in [-0.25, -0.2) is 9.37 Å². The number of carbonyl (C=O) groups is 1. The fourth-order valence-electron chi connectivity index (χ4n) is 2.48. The molecule has 1 N–H and O–H groups in total. The summed E-state index contributed by atoms with van der Waals surface area (Å²) >= 11 is 1.51. The lowest BCUT2D eigenvalue weighted by Crippen LogP contribution is -2.26. The van der Waals surface area contributed by atoms with Crippen molar-refractivity contribution in [1.82, 2.24) is 10.3 Å². The predicted octanol–water partition coefficient (Wildman–Crippen LogP) is 4.32. The van der Waals surface area contributed by atoms with E-state index >= 15 is 0 Å². The standard InChI is InChI=1S/C20H19FN2O2S/c1-2-25-18-6-4-3-5-17(18)19(24)22-12-11-16-13-26-20(23-16)14-7-9-15(21)10-8-14/h3-10,13H,2,11-12H2,1H3,(H,22,24). The second kappa shape index (κ2) is 8.58. The second-order valence-electron chi connectivity index (χ2n) is 5.59. The van der Waals surface area contributed by atoms with Gasteiger partial charge in [-0.1, -0.05) is 12.1 Å². The minimum absolute atomic E-state index is 0.164. The van der Waals surface area contributed by atoms with E-state index in [1.165, 1.54) is 23.5 Å². The van der Waals surface area contributed by atoms with Crippen molar-refractivity contribution in [2.24, 2.45) is 0 Å². The van der Waals surface area contributed by atoms with Crippen LogP contribution in [0.25, 0.3) is 10.6 Å². The Morgan fingerprint density at radius 2 is 1.96 bits per heavy atom. The average molecular weight is 370 g/mol. The molecule has 0 radical (unpaired) electrons.